The van der Waals surface area contributed by atoms with Gasteiger partial charge >= 0.3 is 0 Å². The van der Waals surface area contributed by atoms with Crippen molar-refractivity contribution in [3.8, 4) is 11.3 Å². The Hall–Kier alpha value is -2.58. The molecule has 1 amide bonds. The molecule has 1 aromatic heterocycles. The second kappa shape index (κ2) is 8.04. The number of carbonyl (C=O) groups excluding carboxylic acids is 1. The van der Waals surface area contributed by atoms with Crippen LogP contribution in [0.15, 0.2) is 60.0 Å². The molecule has 1 fully saturated rings. The number of thiazole rings is 1. The summed E-state index contributed by atoms with van der Waals surface area (Å²) >= 11 is 1.24. The number of nitrogens with zero attached hydrogens (tertiary/aromatic N) is 2. The van der Waals surface area contributed by atoms with Gasteiger partial charge in [0.15, 0.2) is 14.8 Å². The zero-order chi connectivity index (χ0) is 20.4. The third-order valence-electron chi connectivity index (χ3n) is 5.04. The van der Waals surface area contributed by atoms with Crippen LogP contribution >= 0.6 is 11.3 Å². The summed E-state index contributed by atoms with van der Waals surface area (Å²) < 4.78 is 39.6. The minimum absolute atomic E-state index is 0.0758. The van der Waals surface area contributed by atoms with Crippen LogP contribution in [0, 0.1) is 5.82 Å². The quantitative estimate of drug-likeness (QED) is 0.631. The van der Waals surface area contributed by atoms with E-state index in [0.717, 1.165) is 5.56 Å². The molecule has 3 aromatic rings. The van der Waals surface area contributed by atoms with Crippen molar-refractivity contribution in [2.24, 2.45) is 0 Å². The van der Waals surface area contributed by atoms with Gasteiger partial charge in [-0.1, -0.05) is 48.5 Å². The van der Waals surface area contributed by atoms with Crippen molar-refractivity contribution in [3.63, 3.8) is 0 Å². The number of amides is 1. The highest BCUT2D eigenvalue weighted by Gasteiger charge is 2.34. The molecule has 0 saturated carbocycles. The van der Waals surface area contributed by atoms with E-state index >= 15 is 0 Å². The summed E-state index contributed by atoms with van der Waals surface area (Å²) in [6, 6.07) is 15.5. The van der Waals surface area contributed by atoms with Crippen molar-refractivity contribution in [1.82, 2.24) is 9.88 Å². The van der Waals surface area contributed by atoms with Crippen LogP contribution in [0.2, 0.25) is 0 Å². The van der Waals surface area contributed by atoms with Crippen molar-refractivity contribution in [3.05, 3.63) is 76.4 Å². The maximum absolute atomic E-state index is 14.2. The molecule has 0 spiro atoms. The summed E-state index contributed by atoms with van der Waals surface area (Å²) in [4.78, 5) is 18.9. The lowest BCUT2D eigenvalue weighted by molar-refractivity contribution is 0.0766. The summed E-state index contributed by atoms with van der Waals surface area (Å²) in [5.74, 6) is -1.02. The van der Waals surface area contributed by atoms with E-state index in [-0.39, 0.29) is 36.7 Å². The molecule has 0 radical (unpaired) electrons. The van der Waals surface area contributed by atoms with E-state index in [4.69, 9.17) is 0 Å². The number of halogens is 1. The van der Waals surface area contributed by atoms with Crippen molar-refractivity contribution in [2.45, 2.75) is 11.7 Å². The van der Waals surface area contributed by atoms with Gasteiger partial charge in [0.2, 0.25) is 0 Å². The molecule has 29 heavy (non-hydrogen) atoms. The molecule has 1 unspecified atom stereocenters. The third kappa shape index (κ3) is 4.09. The van der Waals surface area contributed by atoms with Crippen LogP contribution in [0.3, 0.4) is 0 Å². The van der Waals surface area contributed by atoms with Crippen LogP contribution < -0.4 is 0 Å². The van der Waals surface area contributed by atoms with Crippen molar-refractivity contribution in [1.29, 1.82) is 0 Å². The van der Waals surface area contributed by atoms with E-state index < -0.39 is 20.9 Å². The highest BCUT2D eigenvalue weighted by Crippen LogP contribution is 2.32. The highest BCUT2D eigenvalue weighted by molar-refractivity contribution is 7.91. The Kier molecular flexibility index (Phi) is 5.47. The first-order chi connectivity index (χ1) is 14.0. The predicted molar refractivity (Wildman–Crippen MR) is 111 cm³/mol. The maximum Gasteiger partial charge on any atom is 0.282 e. The monoisotopic (exact) mass is 430 g/mol. The molecule has 8 heteroatoms. The van der Waals surface area contributed by atoms with Crippen LogP contribution in [0.1, 0.15) is 27.0 Å². The summed E-state index contributed by atoms with van der Waals surface area (Å²) in [6.07, 6.45) is 0.159. The number of hydrogen-bond donors (Lipinski definition) is 0. The lowest BCUT2D eigenvalue weighted by Crippen LogP contribution is -2.33. The van der Waals surface area contributed by atoms with Gasteiger partial charge in [0.05, 0.1) is 16.7 Å². The fourth-order valence-corrected chi connectivity index (χ4v) is 6.08. The van der Waals surface area contributed by atoms with E-state index in [0.29, 0.717) is 10.7 Å². The van der Waals surface area contributed by atoms with Crippen LogP contribution in [0.25, 0.3) is 11.3 Å². The van der Waals surface area contributed by atoms with Crippen molar-refractivity contribution in [2.75, 3.05) is 18.8 Å². The first-order valence-corrected chi connectivity index (χ1v) is 11.8. The van der Waals surface area contributed by atoms with Crippen LogP contribution in [-0.2, 0) is 9.84 Å². The van der Waals surface area contributed by atoms with Gasteiger partial charge in [0, 0.05) is 29.6 Å². The Morgan fingerprint density at radius 2 is 1.79 bits per heavy atom. The molecule has 1 atom stereocenters. The number of sulfone groups is 1. The summed E-state index contributed by atoms with van der Waals surface area (Å²) in [5, 5.41) is 1.20. The zero-order valence-corrected chi connectivity index (χ0v) is 17.1. The summed E-state index contributed by atoms with van der Waals surface area (Å²) in [6.45, 7) is 0.309. The molecule has 150 valence electrons. The topological polar surface area (TPSA) is 67.3 Å². The Morgan fingerprint density at radius 3 is 2.55 bits per heavy atom. The molecule has 2 aromatic carbocycles. The van der Waals surface area contributed by atoms with Crippen LogP contribution in [0.5, 0.6) is 0 Å². The number of carbonyl (C=O) groups is 1. The first-order valence-electron chi connectivity index (χ1n) is 9.22. The largest absolute Gasteiger partial charge is 0.336 e. The van der Waals surface area contributed by atoms with E-state index in [2.05, 4.69) is 4.98 Å². The van der Waals surface area contributed by atoms with Gasteiger partial charge in [-0.25, -0.2) is 17.8 Å². The Bertz CT molecular complexity index is 1130. The molecule has 0 N–H and O–H groups in total. The molecular weight excluding hydrogens is 411 g/mol. The van der Waals surface area contributed by atoms with Gasteiger partial charge in [-0.05, 0) is 12.5 Å². The van der Waals surface area contributed by atoms with Gasteiger partial charge in [-0.15, -0.1) is 11.3 Å². The molecule has 1 saturated heterocycles. The Morgan fingerprint density at radius 1 is 1.07 bits per heavy atom. The fraction of sp³-hybridized carbons (Fsp3) is 0.238. The zero-order valence-electron chi connectivity index (χ0n) is 15.5. The van der Waals surface area contributed by atoms with Crippen LogP contribution in [-0.4, -0.2) is 43.1 Å². The minimum Gasteiger partial charge on any atom is -0.336 e. The highest BCUT2D eigenvalue weighted by atomic mass is 32.2. The van der Waals surface area contributed by atoms with E-state index in [1.807, 2.05) is 35.7 Å². The fourth-order valence-electron chi connectivity index (χ4n) is 3.48. The Balaban J connectivity index is 1.55. The average Bonchev–Trinajstić information content (AvgIpc) is 3.16. The second-order valence-electron chi connectivity index (χ2n) is 6.86. The van der Waals surface area contributed by atoms with E-state index in [1.165, 1.54) is 34.4 Å². The summed E-state index contributed by atoms with van der Waals surface area (Å²) in [7, 11) is -3.57. The van der Waals surface area contributed by atoms with Gasteiger partial charge < -0.3 is 4.90 Å². The SMILES string of the molecule is O=C(c1nc(-c2ccccc2)cs1)N1CCC(c2ccccc2F)S(=O)(=O)CC1. The predicted octanol–water partition coefficient (Wildman–Crippen LogP) is 3.95. The van der Waals surface area contributed by atoms with Crippen molar-refractivity contribution >= 4 is 27.1 Å². The smallest absolute Gasteiger partial charge is 0.282 e. The lowest BCUT2D eigenvalue weighted by Gasteiger charge is -2.18. The average molecular weight is 431 g/mol. The van der Waals surface area contributed by atoms with Gasteiger partial charge in [0.25, 0.3) is 5.91 Å². The molecule has 1 aliphatic heterocycles. The molecule has 0 aliphatic carbocycles. The number of rotatable bonds is 3. The normalized spacial score (nSPS) is 18.9. The molecule has 0 bridgehead atoms. The van der Waals surface area contributed by atoms with E-state index in [1.54, 1.807) is 6.07 Å². The molecule has 1 aliphatic rings. The second-order valence-corrected chi connectivity index (χ2v) is 10.0. The Labute approximate surface area is 172 Å². The molecule has 2 heterocycles. The van der Waals surface area contributed by atoms with Gasteiger partial charge in [-0.2, -0.15) is 0 Å². The van der Waals surface area contributed by atoms with Crippen LogP contribution in [0.4, 0.5) is 4.39 Å². The molecule has 5 nitrogen and oxygen atoms in total. The number of aromatic nitrogens is 1. The minimum atomic E-state index is -3.57. The first kappa shape index (κ1) is 19.7. The number of hydrogen-bond acceptors (Lipinski definition) is 5. The maximum atomic E-state index is 14.2. The van der Waals surface area contributed by atoms with Crippen molar-refractivity contribution < 1.29 is 17.6 Å². The van der Waals surface area contributed by atoms with Gasteiger partial charge in [-0.3, -0.25) is 4.79 Å². The van der Waals surface area contributed by atoms with Gasteiger partial charge in [0.1, 0.15) is 5.82 Å². The van der Waals surface area contributed by atoms with E-state index in [9.17, 15) is 17.6 Å². The summed E-state index contributed by atoms with van der Waals surface area (Å²) in [5.41, 5.74) is 1.80. The third-order valence-corrected chi connectivity index (χ3v) is 7.97. The molecule has 4 rings (SSSR count). The number of benzene rings is 2. The molecular formula is C21H19FN2O3S2. The standard InChI is InChI=1S/C21H19FN2O3S2/c22-17-9-5-4-8-16(17)19-10-11-24(12-13-29(19,26)27)21(25)20-23-18(14-28-20)15-6-2-1-3-7-15/h1-9,14,19H,10-13H2. The lowest BCUT2D eigenvalue weighted by atomic mass is 10.1.